The molecule has 98 valence electrons. The van der Waals surface area contributed by atoms with Gasteiger partial charge in [-0.05, 0) is 12.1 Å². The van der Waals surface area contributed by atoms with E-state index in [1.165, 1.54) is 7.11 Å². The molecule has 6 heteroatoms. The molecule has 0 saturated heterocycles. The topological polar surface area (TPSA) is 71.5 Å². The maximum atomic E-state index is 11.5. The van der Waals surface area contributed by atoms with E-state index in [9.17, 15) is 9.59 Å². The second-order valence-corrected chi connectivity index (χ2v) is 3.92. The number of carbonyl (C=O) groups is 2. The van der Waals surface area contributed by atoms with Gasteiger partial charge in [-0.15, -0.1) is 0 Å². The molecule has 0 radical (unpaired) electrons. The Morgan fingerprint density at radius 3 is 2.56 bits per heavy atom. The molecule has 1 aromatic rings. The third kappa shape index (κ3) is 4.40. The Labute approximate surface area is 106 Å². The van der Waals surface area contributed by atoms with Crippen LogP contribution in [-0.2, 0) is 14.3 Å². The number of nitrogens with zero attached hydrogens (tertiary/aromatic N) is 2. The highest BCUT2D eigenvalue weighted by atomic mass is 16.5. The van der Waals surface area contributed by atoms with Gasteiger partial charge in [-0.3, -0.25) is 9.59 Å². The van der Waals surface area contributed by atoms with Gasteiger partial charge in [0.05, 0.1) is 25.4 Å². The van der Waals surface area contributed by atoms with Gasteiger partial charge in [0.15, 0.2) is 0 Å². The number of hydrogen-bond donors (Lipinski definition) is 1. The number of methoxy groups -OCH3 is 1. The van der Waals surface area contributed by atoms with Gasteiger partial charge in [0.1, 0.15) is 5.82 Å². The number of aromatic nitrogens is 1. The number of esters is 1. The summed E-state index contributed by atoms with van der Waals surface area (Å²) in [7, 11) is 5.07. The first-order valence-electron chi connectivity index (χ1n) is 5.53. The third-order valence-corrected chi connectivity index (χ3v) is 2.27. The predicted octanol–water partition coefficient (Wildman–Crippen LogP) is 1.04. The fourth-order valence-corrected chi connectivity index (χ4v) is 1.27. The normalized spacial score (nSPS) is 9.72. The average molecular weight is 251 g/mol. The molecule has 1 aromatic heterocycles. The molecular formula is C12H17N3O3. The van der Waals surface area contributed by atoms with E-state index in [1.807, 2.05) is 19.0 Å². The molecule has 1 rings (SSSR count). The van der Waals surface area contributed by atoms with Crippen LogP contribution in [0.4, 0.5) is 11.5 Å². The minimum atomic E-state index is -0.397. The first-order chi connectivity index (χ1) is 8.52. The molecule has 1 heterocycles. The molecule has 1 amide bonds. The minimum absolute atomic E-state index is 0.0749. The largest absolute Gasteiger partial charge is 0.469 e. The summed E-state index contributed by atoms with van der Waals surface area (Å²) in [5, 5.41) is 2.66. The van der Waals surface area contributed by atoms with E-state index in [-0.39, 0.29) is 18.7 Å². The number of rotatable bonds is 5. The predicted molar refractivity (Wildman–Crippen MR) is 68.4 cm³/mol. The zero-order valence-corrected chi connectivity index (χ0v) is 10.8. The monoisotopic (exact) mass is 251 g/mol. The summed E-state index contributed by atoms with van der Waals surface area (Å²) < 4.78 is 4.46. The molecule has 18 heavy (non-hydrogen) atoms. The summed E-state index contributed by atoms with van der Waals surface area (Å²) in [6, 6.07) is 3.56. The summed E-state index contributed by atoms with van der Waals surface area (Å²) in [6.45, 7) is 0. The molecule has 0 aliphatic carbocycles. The highest BCUT2D eigenvalue weighted by molar-refractivity contribution is 5.92. The van der Waals surface area contributed by atoms with Gasteiger partial charge in [0, 0.05) is 20.5 Å². The zero-order chi connectivity index (χ0) is 13.5. The van der Waals surface area contributed by atoms with Crippen molar-refractivity contribution in [3.05, 3.63) is 18.3 Å². The molecule has 6 nitrogen and oxygen atoms in total. The fraction of sp³-hybridized carbons (Fsp3) is 0.417. The quantitative estimate of drug-likeness (QED) is 0.792. The molecule has 0 fully saturated rings. The standard InChI is InChI=1S/C12H17N3O3/c1-15(2)10-5-4-9(8-13-10)14-11(16)6-7-12(17)18-3/h4-5,8H,6-7H2,1-3H3,(H,14,16). The van der Waals surface area contributed by atoms with Crippen molar-refractivity contribution < 1.29 is 14.3 Å². The average Bonchev–Trinajstić information content (AvgIpc) is 2.36. The molecule has 0 spiro atoms. The Balaban J connectivity index is 2.47. The number of pyridine rings is 1. The van der Waals surface area contributed by atoms with E-state index in [2.05, 4.69) is 15.0 Å². The molecule has 1 N–H and O–H groups in total. The Hall–Kier alpha value is -2.11. The number of carbonyl (C=O) groups excluding carboxylic acids is 2. The SMILES string of the molecule is COC(=O)CCC(=O)Nc1ccc(N(C)C)nc1. The maximum Gasteiger partial charge on any atom is 0.306 e. The minimum Gasteiger partial charge on any atom is -0.469 e. The van der Waals surface area contributed by atoms with Crippen LogP contribution in [0.1, 0.15) is 12.8 Å². The number of nitrogens with one attached hydrogen (secondary N) is 1. The van der Waals surface area contributed by atoms with Gasteiger partial charge in [0.25, 0.3) is 0 Å². The van der Waals surface area contributed by atoms with Crippen LogP contribution in [0.5, 0.6) is 0 Å². The lowest BCUT2D eigenvalue weighted by Gasteiger charge is -2.11. The maximum absolute atomic E-state index is 11.5. The smallest absolute Gasteiger partial charge is 0.306 e. The van der Waals surface area contributed by atoms with Gasteiger partial charge < -0.3 is 15.0 Å². The van der Waals surface area contributed by atoms with Gasteiger partial charge in [-0.25, -0.2) is 4.98 Å². The molecule has 0 bridgehead atoms. The number of ether oxygens (including phenoxy) is 1. The van der Waals surface area contributed by atoms with Crippen LogP contribution >= 0.6 is 0 Å². The summed E-state index contributed by atoms with van der Waals surface area (Å²) >= 11 is 0. The van der Waals surface area contributed by atoms with E-state index in [1.54, 1.807) is 18.3 Å². The van der Waals surface area contributed by atoms with Crippen LogP contribution in [0.2, 0.25) is 0 Å². The third-order valence-electron chi connectivity index (χ3n) is 2.27. The summed E-state index contributed by atoms with van der Waals surface area (Å²) in [5.74, 6) is 0.175. The molecule has 0 aromatic carbocycles. The van der Waals surface area contributed by atoms with Crippen molar-refractivity contribution in [1.29, 1.82) is 0 Å². The van der Waals surface area contributed by atoms with E-state index >= 15 is 0 Å². The van der Waals surface area contributed by atoms with Crippen molar-refractivity contribution in [2.45, 2.75) is 12.8 Å². The summed E-state index contributed by atoms with van der Waals surface area (Å²) in [6.07, 6.45) is 1.75. The van der Waals surface area contributed by atoms with Gasteiger partial charge in [0.2, 0.25) is 5.91 Å². The second-order valence-electron chi connectivity index (χ2n) is 3.92. The Kier molecular flexibility index (Phi) is 5.10. The summed E-state index contributed by atoms with van der Waals surface area (Å²) in [5.41, 5.74) is 0.607. The van der Waals surface area contributed by atoms with Crippen molar-refractivity contribution in [3.8, 4) is 0 Å². The fourth-order valence-electron chi connectivity index (χ4n) is 1.27. The van der Waals surface area contributed by atoms with E-state index in [0.29, 0.717) is 5.69 Å². The summed E-state index contributed by atoms with van der Waals surface area (Å²) in [4.78, 5) is 28.4. The number of anilines is 2. The van der Waals surface area contributed by atoms with Gasteiger partial charge >= 0.3 is 5.97 Å². The van der Waals surface area contributed by atoms with Crippen molar-refractivity contribution in [2.24, 2.45) is 0 Å². The Bertz CT molecular complexity index is 415. The lowest BCUT2D eigenvalue weighted by atomic mass is 10.3. The van der Waals surface area contributed by atoms with Crippen molar-refractivity contribution in [2.75, 3.05) is 31.4 Å². The van der Waals surface area contributed by atoms with Crippen LogP contribution < -0.4 is 10.2 Å². The van der Waals surface area contributed by atoms with E-state index in [0.717, 1.165) is 5.82 Å². The second kappa shape index (κ2) is 6.58. The van der Waals surface area contributed by atoms with Crippen molar-refractivity contribution in [1.82, 2.24) is 4.98 Å². The van der Waals surface area contributed by atoms with Crippen molar-refractivity contribution in [3.63, 3.8) is 0 Å². The highest BCUT2D eigenvalue weighted by Crippen LogP contribution is 2.12. The van der Waals surface area contributed by atoms with Crippen LogP contribution in [0.25, 0.3) is 0 Å². The molecule has 0 aliphatic rings. The lowest BCUT2D eigenvalue weighted by molar-refractivity contribution is -0.141. The first kappa shape index (κ1) is 14.0. The van der Waals surface area contributed by atoms with E-state index in [4.69, 9.17) is 0 Å². The Morgan fingerprint density at radius 1 is 1.33 bits per heavy atom. The van der Waals surface area contributed by atoms with Gasteiger partial charge in [-0.1, -0.05) is 0 Å². The van der Waals surface area contributed by atoms with Crippen LogP contribution in [0.3, 0.4) is 0 Å². The molecule has 0 aliphatic heterocycles. The van der Waals surface area contributed by atoms with E-state index < -0.39 is 5.97 Å². The van der Waals surface area contributed by atoms with Crippen molar-refractivity contribution >= 4 is 23.4 Å². The molecule has 0 atom stereocenters. The molecule has 0 saturated carbocycles. The lowest BCUT2D eigenvalue weighted by Crippen LogP contribution is -2.15. The Morgan fingerprint density at radius 2 is 2.06 bits per heavy atom. The van der Waals surface area contributed by atoms with Crippen LogP contribution in [-0.4, -0.2) is 38.1 Å². The first-order valence-corrected chi connectivity index (χ1v) is 5.53. The molecule has 0 unspecified atom stereocenters. The zero-order valence-electron chi connectivity index (χ0n) is 10.8. The number of hydrogen-bond acceptors (Lipinski definition) is 5. The van der Waals surface area contributed by atoms with Crippen LogP contribution in [0, 0.1) is 0 Å². The number of amides is 1. The van der Waals surface area contributed by atoms with Gasteiger partial charge in [-0.2, -0.15) is 0 Å². The molecular weight excluding hydrogens is 234 g/mol. The van der Waals surface area contributed by atoms with Crippen LogP contribution in [0.15, 0.2) is 18.3 Å². The highest BCUT2D eigenvalue weighted by Gasteiger charge is 2.07.